The molecule has 5 nitrogen and oxygen atoms in total. The van der Waals surface area contributed by atoms with Crippen molar-refractivity contribution in [2.75, 3.05) is 5.75 Å². The van der Waals surface area contributed by atoms with Crippen molar-refractivity contribution < 1.29 is 31.1 Å². The van der Waals surface area contributed by atoms with E-state index in [1.165, 1.54) is 20.8 Å². The summed E-state index contributed by atoms with van der Waals surface area (Å²) in [6.45, 7) is 4.58. The van der Waals surface area contributed by atoms with Gasteiger partial charge >= 0.3 is 12.3 Å². The van der Waals surface area contributed by atoms with Crippen molar-refractivity contribution in [1.82, 2.24) is 5.32 Å². The molecule has 0 spiro atoms. The third kappa shape index (κ3) is 9.57. The standard InChI is InChI=1S/C10H18F3NO4S/c1-9(2,3)18-8(15)14-7(10(11,12)13)5-4-6-19(16)17/h7,19H,4-6H2,1-3H3,(H,14,15). The van der Waals surface area contributed by atoms with Crippen molar-refractivity contribution in [2.45, 2.75) is 51.4 Å². The van der Waals surface area contributed by atoms with E-state index in [9.17, 15) is 26.4 Å². The van der Waals surface area contributed by atoms with Gasteiger partial charge in [0.25, 0.3) is 0 Å². The molecule has 19 heavy (non-hydrogen) atoms. The Balaban J connectivity index is 4.48. The van der Waals surface area contributed by atoms with E-state index in [1.54, 1.807) is 5.32 Å². The molecule has 0 rings (SSSR count). The molecule has 1 atom stereocenters. The van der Waals surface area contributed by atoms with Crippen molar-refractivity contribution in [2.24, 2.45) is 0 Å². The number of hydrogen-bond donors (Lipinski definition) is 2. The lowest BCUT2D eigenvalue weighted by Gasteiger charge is -2.24. The van der Waals surface area contributed by atoms with E-state index in [2.05, 4.69) is 0 Å². The van der Waals surface area contributed by atoms with Crippen LogP contribution in [-0.4, -0.2) is 38.1 Å². The van der Waals surface area contributed by atoms with Gasteiger partial charge in [-0.1, -0.05) is 0 Å². The third-order valence-electron chi connectivity index (χ3n) is 1.92. The molecule has 0 bridgehead atoms. The van der Waals surface area contributed by atoms with Gasteiger partial charge < -0.3 is 10.1 Å². The number of alkyl halides is 3. The van der Waals surface area contributed by atoms with Gasteiger partial charge in [-0.25, -0.2) is 13.2 Å². The highest BCUT2D eigenvalue weighted by molar-refractivity contribution is 7.72. The predicted octanol–water partition coefficient (Wildman–Crippen LogP) is 1.83. The Hall–Kier alpha value is -0.990. The largest absolute Gasteiger partial charge is 0.444 e. The minimum atomic E-state index is -4.65. The maximum absolute atomic E-state index is 12.6. The topological polar surface area (TPSA) is 72.5 Å². The highest BCUT2D eigenvalue weighted by Gasteiger charge is 2.40. The van der Waals surface area contributed by atoms with Crippen LogP contribution in [0.3, 0.4) is 0 Å². The molecule has 0 aromatic rings. The summed E-state index contributed by atoms with van der Waals surface area (Å²) in [7, 11) is -2.72. The maximum Gasteiger partial charge on any atom is 0.408 e. The van der Waals surface area contributed by atoms with E-state index >= 15 is 0 Å². The van der Waals surface area contributed by atoms with Crippen molar-refractivity contribution in [1.29, 1.82) is 0 Å². The number of alkyl carbamates (subject to hydrolysis) is 1. The van der Waals surface area contributed by atoms with Gasteiger partial charge in [-0.05, 0) is 33.6 Å². The molecule has 0 aliphatic rings. The Labute approximate surface area is 111 Å². The lowest BCUT2D eigenvalue weighted by molar-refractivity contribution is -0.156. The molecule has 9 heteroatoms. The second-order valence-corrected chi connectivity index (χ2v) is 6.05. The molecule has 1 unspecified atom stereocenters. The van der Waals surface area contributed by atoms with Crippen LogP contribution in [-0.2, 0) is 15.4 Å². The van der Waals surface area contributed by atoms with Crippen LogP contribution >= 0.6 is 0 Å². The highest BCUT2D eigenvalue weighted by Crippen LogP contribution is 2.24. The summed E-state index contributed by atoms with van der Waals surface area (Å²) < 4.78 is 63.1. The van der Waals surface area contributed by atoms with Crippen LogP contribution in [0.1, 0.15) is 33.6 Å². The molecule has 114 valence electrons. The molecule has 0 radical (unpaired) electrons. The summed E-state index contributed by atoms with van der Waals surface area (Å²) in [6, 6.07) is -2.11. The molecule has 0 saturated heterocycles. The molecular weight excluding hydrogens is 287 g/mol. The second-order valence-electron chi connectivity index (χ2n) is 4.94. The molecule has 0 fully saturated rings. The number of thiol groups is 1. The van der Waals surface area contributed by atoms with E-state index in [4.69, 9.17) is 4.74 Å². The fourth-order valence-electron chi connectivity index (χ4n) is 1.19. The van der Waals surface area contributed by atoms with Crippen LogP contribution in [0.15, 0.2) is 0 Å². The monoisotopic (exact) mass is 305 g/mol. The van der Waals surface area contributed by atoms with Crippen molar-refractivity contribution in [3.63, 3.8) is 0 Å². The zero-order valence-corrected chi connectivity index (χ0v) is 11.8. The van der Waals surface area contributed by atoms with Crippen molar-refractivity contribution >= 4 is 16.8 Å². The molecule has 0 saturated carbocycles. The van der Waals surface area contributed by atoms with Gasteiger partial charge in [0.2, 0.25) is 0 Å². The summed E-state index contributed by atoms with van der Waals surface area (Å²) in [5, 5.41) is 1.70. The van der Waals surface area contributed by atoms with Gasteiger partial charge in [0, 0.05) is 5.75 Å². The number of halogens is 3. The van der Waals surface area contributed by atoms with Crippen LogP contribution in [0.4, 0.5) is 18.0 Å². The number of carbonyl (C=O) groups is 1. The van der Waals surface area contributed by atoms with E-state index in [1.807, 2.05) is 0 Å². The van der Waals surface area contributed by atoms with Gasteiger partial charge in [-0.2, -0.15) is 13.2 Å². The lowest BCUT2D eigenvalue weighted by atomic mass is 10.1. The minimum Gasteiger partial charge on any atom is -0.444 e. The third-order valence-corrected chi connectivity index (χ3v) is 2.60. The Bertz CT molecular complexity index is 366. The van der Waals surface area contributed by atoms with E-state index in [0.717, 1.165) is 0 Å². The van der Waals surface area contributed by atoms with Gasteiger partial charge in [-0.3, -0.25) is 0 Å². The zero-order valence-electron chi connectivity index (χ0n) is 10.9. The summed E-state index contributed by atoms with van der Waals surface area (Å²) in [6.07, 6.45) is -6.52. The summed E-state index contributed by atoms with van der Waals surface area (Å²) in [4.78, 5) is 11.3. The summed E-state index contributed by atoms with van der Waals surface area (Å²) >= 11 is 0. The van der Waals surface area contributed by atoms with E-state index < -0.39 is 41.0 Å². The molecule has 0 aliphatic heterocycles. The van der Waals surface area contributed by atoms with Gasteiger partial charge in [0.05, 0.1) is 0 Å². The first-order valence-corrected chi connectivity index (χ1v) is 6.96. The first-order valence-electron chi connectivity index (χ1n) is 5.60. The van der Waals surface area contributed by atoms with Crippen LogP contribution in [0, 0.1) is 0 Å². The smallest absolute Gasteiger partial charge is 0.408 e. The van der Waals surface area contributed by atoms with Crippen LogP contribution in [0.2, 0.25) is 0 Å². The maximum atomic E-state index is 12.6. The Morgan fingerprint density at radius 3 is 2.16 bits per heavy atom. The lowest BCUT2D eigenvalue weighted by Crippen LogP contribution is -2.47. The van der Waals surface area contributed by atoms with Crippen LogP contribution < -0.4 is 5.32 Å². The number of carbonyl (C=O) groups excluding carboxylic acids is 1. The molecule has 0 aromatic carbocycles. The number of rotatable bonds is 5. The van der Waals surface area contributed by atoms with Gasteiger partial charge in [0.1, 0.15) is 22.3 Å². The van der Waals surface area contributed by atoms with Gasteiger partial charge in [0.15, 0.2) is 0 Å². The Morgan fingerprint density at radius 2 is 1.79 bits per heavy atom. The van der Waals surface area contributed by atoms with Crippen LogP contribution in [0.25, 0.3) is 0 Å². The highest BCUT2D eigenvalue weighted by atomic mass is 32.2. The fraction of sp³-hybridized carbons (Fsp3) is 0.900. The fourth-order valence-corrected chi connectivity index (χ4v) is 1.63. The molecule has 1 N–H and O–H groups in total. The molecule has 0 aromatic heterocycles. The first kappa shape index (κ1) is 18.0. The zero-order chi connectivity index (χ0) is 15.3. The number of ether oxygens (including phenoxy) is 1. The number of amides is 1. The van der Waals surface area contributed by atoms with Crippen LogP contribution in [0.5, 0.6) is 0 Å². The SMILES string of the molecule is CC(C)(C)OC(=O)NC(CCC[SH](=O)=O)C(F)(F)F. The molecule has 1 amide bonds. The summed E-state index contributed by atoms with van der Waals surface area (Å²) in [5.74, 6) is -0.349. The normalized spacial score (nSPS) is 14.3. The Kier molecular flexibility index (Phi) is 6.61. The van der Waals surface area contributed by atoms with Crippen molar-refractivity contribution in [3.05, 3.63) is 0 Å². The van der Waals surface area contributed by atoms with Gasteiger partial charge in [-0.15, -0.1) is 0 Å². The van der Waals surface area contributed by atoms with E-state index in [-0.39, 0.29) is 12.2 Å². The minimum absolute atomic E-state index is 0.182. The average Bonchev–Trinajstić information content (AvgIpc) is 2.10. The molecule has 0 heterocycles. The quantitative estimate of drug-likeness (QED) is 0.760. The van der Waals surface area contributed by atoms with Crippen molar-refractivity contribution in [3.8, 4) is 0 Å². The number of nitrogens with one attached hydrogen (secondary N) is 1. The molecule has 0 aliphatic carbocycles. The van der Waals surface area contributed by atoms with E-state index in [0.29, 0.717) is 0 Å². The molecular formula is C10H18F3NO4S. The Morgan fingerprint density at radius 1 is 1.26 bits per heavy atom. The number of hydrogen-bond acceptors (Lipinski definition) is 4. The summed E-state index contributed by atoms with van der Waals surface area (Å²) in [5.41, 5.74) is -0.904. The first-order chi connectivity index (χ1) is 8.42. The predicted molar refractivity (Wildman–Crippen MR) is 63.6 cm³/mol. The average molecular weight is 305 g/mol. The second kappa shape index (κ2) is 6.97.